The fourth-order valence-electron chi connectivity index (χ4n) is 3.09. The Kier molecular flexibility index (Phi) is 4.51. The molecule has 6 nitrogen and oxygen atoms in total. The van der Waals surface area contributed by atoms with Crippen molar-refractivity contribution in [3.63, 3.8) is 0 Å². The van der Waals surface area contributed by atoms with Gasteiger partial charge in [0.2, 0.25) is 0 Å². The fraction of sp³-hybridized carbons (Fsp3) is 0.529. The molecule has 2 aliphatic heterocycles. The van der Waals surface area contributed by atoms with E-state index in [2.05, 4.69) is 36.2 Å². The Balaban J connectivity index is 1.81. The van der Waals surface area contributed by atoms with Gasteiger partial charge in [-0.25, -0.2) is 4.99 Å². The molecule has 2 aliphatic rings. The summed E-state index contributed by atoms with van der Waals surface area (Å²) >= 11 is 0. The van der Waals surface area contributed by atoms with E-state index in [1.807, 2.05) is 19.2 Å². The Labute approximate surface area is 142 Å². The quantitative estimate of drug-likeness (QED) is 0.668. The third-order valence-electron chi connectivity index (χ3n) is 4.41. The number of hydrogen-bond donors (Lipinski definition) is 3. The highest BCUT2D eigenvalue weighted by molar-refractivity contribution is 7.72. The van der Waals surface area contributed by atoms with Crippen molar-refractivity contribution in [1.82, 2.24) is 9.88 Å². The van der Waals surface area contributed by atoms with Crippen LogP contribution in [0.5, 0.6) is 0 Å². The van der Waals surface area contributed by atoms with Gasteiger partial charge in [0.15, 0.2) is 6.23 Å². The van der Waals surface area contributed by atoms with Crippen molar-refractivity contribution >= 4 is 19.4 Å². The van der Waals surface area contributed by atoms with E-state index in [1.165, 1.54) is 0 Å². The minimum absolute atomic E-state index is 0.401. The molecule has 0 spiro atoms. The van der Waals surface area contributed by atoms with Crippen LogP contribution >= 0.6 is 6.89 Å². The zero-order chi connectivity index (χ0) is 17.6. The summed E-state index contributed by atoms with van der Waals surface area (Å²) in [6.07, 6.45) is 4.62. The molecule has 4 atom stereocenters. The molecular weight excluding hydrogens is 325 g/mol. The smallest absolute Gasteiger partial charge is 0.164 e. The second-order valence-corrected chi connectivity index (χ2v) is 11.6. The summed E-state index contributed by atoms with van der Waals surface area (Å²) in [4.78, 5) is 9.29. The van der Waals surface area contributed by atoms with Crippen LogP contribution in [0.2, 0.25) is 0 Å². The predicted molar refractivity (Wildman–Crippen MR) is 97.8 cm³/mol. The summed E-state index contributed by atoms with van der Waals surface area (Å²) in [5.74, 6) is 0.478. The molecule has 7 heteroatoms. The van der Waals surface area contributed by atoms with Crippen molar-refractivity contribution in [2.24, 2.45) is 4.99 Å². The maximum atomic E-state index is 10.4. The molecule has 3 rings (SSSR count). The van der Waals surface area contributed by atoms with E-state index in [0.717, 1.165) is 22.6 Å². The van der Waals surface area contributed by atoms with Crippen molar-refractivity contribution in [3.05, 3.63) is 34.9 Å². The lowest BCUT2D eigenvalue weighted by atomic mass is 10.1. The molecule has 1 saturated heterocycles. The molecule has 1 aromatic heterocycles. The van der Waals surface area contributed by atoms with E-state index >= 15 is 0 Å². The summed E-state index contributed by atoms with van der Waals surface area (Å²) in [6.45, 7) is 9.00. The Hall–Kier alpha value is -1.33. The van der Waals surface area contributed by atoms with E-state index in [1.54, 1.807) is 4.90 Å². The number of aromatic nitrogens is 1. The average molecular weight is 351 g/mol. The van der Waals surface area contributed by atoms with Gasteiger partial charge in [-0.05, 0) is 38.9 Å². The number of nitrogens with zero attached hydrogens (tertiary/aromatic N) is 2. The van der Waals surface area contributed by atoms with Crippen LogP contribution in [-0.4, -0.2) is 70.4 Å². The third-order valence-corrected chi connectivity index (χ3v) is 5.88. The maximum Gasteiger partial charge on any atom is 0.164 e. The second-order valence-electron chi connectivity index (χ2n) is 7.31. The first kappa shape index (κ1) is 17.5. The van der Waals surface area contributed by atoms with Crippen molar-refractivity contribution in [3.8, 4) is 0 Å². The first-order valence-electron chi connectivity index (χ1n) is 8.08. The Morgan fingerprint density at radius 2 is 2.08 bits per heavy atom. The first-order chi connectivity index (χ1) is 11.2. The minimum Gasteiger partial charge on any atom is -0.388 e. The summed E-state index contributed by atoms with van der Waals surface area (Å²) in [5, 5.41) is 21.7. The number of aryl methyl sites for hydroxylation is 1. The number of aliphatic hydroxyl groups excluding tert-OH is 2. The van der Waals surface area contributed by atoms with Crippen molar-refractivity contribution in [2.75, 3.05) is 19.5 Å². The Morgan fingerprint density at radius 1 is 1.38 bits per heavy atom. The fourth-order valence-corrected chi connectivity index (χ4v) is 4.05. The van der Waals surface area contributed by atoms with Crippen LogP contribution in [0.15, 0.2) is 23.5 Å². The van der Waals surface area contributed by atoms with Crippen molar-refractivity contribution in [1.29, 1.82) is 0 Å². The molecule has 3 heterocycles. The van der Waals surface area contributed by atoms with Crippen molar-refractivity contribution in [2.45, 2.75) is 37.9 Å². The molecular formula is C17H26N3O3P. The normalized spacial score (nSPS) is 30.0. The van der Waals surface area contributed by atoms with Gasteiger partial charge < -0.3 is 24.8 Å². The van der Waals surface area contributed by atoms with E-state index < -0.39 is 31.4 Å². The number of fused-ring (bicyclic) bond motifs is 1. The number of aliphatic hydroxyl groups is 2. The molecule has 0 bridgehead atoms. The number of rotatable bonds is 4. The van der Waals surface area contributed by atoms with Crippen LogP contribution in [0, 0.1) is 6.92 Å². The van der Waals surface area contributed by atoms with E-state index in [9.17, 15) is 10.2 Å². The molecule has 24 heavy (non-hydrogen) atoms. The highest BCUT2D eigenvalue weighted by Crippen LogP contribution is 2.38. The number of ether oxygens (including phenoxy) is 1. The Morgan fingerprint density at radius 3 is 2.75 bits per heavy atom. The topological polar surface area (TPSA) is 81.1 Å². The summed E-state index contributed by atoms with van der Waals surface area (Å²) in [5.41, 5.74) is 1.75. The van der Waals surface area contributed by atoms with Gasteiger partial charge in [-0.2, -0.15) is 0 Å². The van der Waals surface area contributed by atoms with Crippen LogP contribution in [0.3, 0.4) is 0 Å². The first-order valence-corrected chi connectivity index (χ1v) is 11.1. The molecule has 0 aromatic carbocycles. The molecule has 1 aromatic rings. The lowest BCUT2D eigenvalue weighted by Crippen LogP contribution is -2.44. The van der Waals surface area contributed by atoms with Gasteiger partial charge in [-0.1, -0.05) is 6.58 Å². The Bertz CT molecular complexity index is 810. The van der Waals surface area contributed by atoms with Crippen LogP contribution in [0.25, 0.3) is 6.20 Å². The van der Waals surface area contributed by atoms with Crippen LogP contribution in [0.1, 0.15) is 12.1 Å². The molecule has 0 radical (unpaired) electrons. The van der Waals surface area contributed by atoms with E-state index in [4.69, 9.17) is 4.74 Å². The van der Waals surface area contributed by atoms with Gasteiger partial charge in [0.25, 0.3) is 0 Å². The number of H-pyrrole nitrogens is 1. The zero-order valence-corrected chi connectivity index (χ0v) is 15.3. The SMILES string of the molecule is C=C1N=c2[nH]c(C)cc2=CN1[C@@H]1O[C@H](CCP(=C)(C)C)[C@@H](O)C1O. The molecule has 0 amide bonds. The van der Waals surface area contributed by atoms with Gasteiger partial charge in [0, 0.05) is 17.1 Å². The van der Waals surface area contributed by atoms with Gasteiger partial charge in [0.05, 0.1) is 6.10 Å². The summed E-state index contributed by atoms with van der Waals surface area (Å²) in [6, 6.07) is 1.98. The molecule has 3 N–H and O–H groups in total. The lowest BCUT2D eigenvalue weighted by Gasteiger charge is -2.29. The van der Waals surface area contributed by atoms with E-state index in [-0.39, 0.29) is 0 Å². The third kappa shape index (κ3) is 3.38. The lowest BCUT2D eigenvalue weighted by molar-refractivity contribution is -0.0517. The van der Waals surface area contributed by atoms with Gasteiger partial charge in [0.1, 0.15) is 23.5 Å². The highest BCUT2D eigenvalue weighted by Gasteiger charge is 2.45. The maximum absolute atomic E-state index is 10.4. The summed E-state index contributed by atoms with van der Waals surface area (Å²) in [7, 11) is 0. The molecule has 0 saturated carbocycles. The average Bonchev–Trinajstić information content (AvgIpc) is 2.96. The molecule has 132 valence electrons. The van der Waals surface area contributed by atoms with Gasteiger partial charge in [-0.3, -0.25) is 0 Å². The van der Waals surface area contributed by atoms with Crippen molar-refractivity contribution < 1.29 is 14.9 Å². The number of aromatic amines is 1. The second kappa shape index (κ2) is 6.19. The number of nitrogens with one attached hydrogen (secondary N) is 1. The largest absolute Gasteiger partial charge is 0.388 e. The molecule has 0 aliphatic carbocycles. The van der Waals surface area contributed by atoms with Gasteiger partial charge in [-0.15, -0.1) is 13.2 Å². The standard InChI is InChI=1S/C17H26N3O3P/c1-10-8-12-9-20(11(2)19-16(12)18-10)17-15(22)14(21)13(23-17)6-7-24(3,4)5/h8-9,13-15,17,21-22H,2-3,6-7H2,1,4-5H3,(H,18,19)/t13-,14-,15?,17-/m1/s1. The van der Waals surface area contributed by atoms with Crippen LogP contribution in [0.4, 0.5) is 0 Å². The molecule has 1 unspecified atom stereocenters. The molecule has 1 fully saturated rings. The van der Waals surface area contributed by atoms with E-state index in [0.29, 0.717) is 12.2 Å². The van der Waals surface area contributed by atoms with Crippen LogP contribution in [-0.2, 0) is 4.74 Å². The highest BCUT2D eigenvalue weighted by atomic mass is 31.2. The zero-order valence-electron chi connectivity index (χ0n) is 14.4. The van der Waals surface area contributed by atoms with Gasteiger partial charge >= 0.3 is 0 Å². The number of hydrogen-bond acceptors (Lipinski definition) is 5. The summed E-state index contributed by atoms with van der Waals surface area (Å²) < 4.78 is 5.97. The van der Waals surface area contributed by atoms with Crippen LogP contribution < -0.4 is 10.7 Å². The predicted octanol–water partition coefficient (Wildman–Crippen LogP) is 0.0135. The minimum atomic E-state index is -1.20. The monoisotopic (exact) mass is 351 g/mol.